The second kappa shape index (κ2) is 5.79. The maximum atomic E-state index is 6.10. The number of benzene rings is 1. The predicted molar refractivity (Wildman–Crippen MR) is 92.3 cm³/mol. The molecule has 0 amide bonds. The van der Waals surface area contributed by atoms with Gasteiger partial charge in [-0.05, 0) is 6.07 Å². The van der Waals surface area contributed by atoms with Crippen LogP contribution in [-0.2, 0) is 11.3 Å². The molecule has 1 fully saturated rings. The summed E-state index contributed by atoms with van der Waals surface area (Å²) < 4.78 is 8.10. The van der Waals surface area contributed by atoms with E-state index in [-0.39, 0.29) is 12.1 Å². The molecule has 0 bridgehead atoms. The minimum absolute atomic E-state index is 0.0420. The van der Waals surface area contributed by atoms with E-state index in [1.165, 1.54) is 0 Å². The molecule has 5 rings (SSSR count). The van der Waals surface area contributed by atoms with Gasteiger partial charge in [-0.2, -0.15) is 0 Å². The molecule has 3 aromatic rings. The second-order valence-corrected chi connectivity index (χ2v) is 6.58. The summed E-state index contributed by atoms with van der Waals surface area (Å²) in [5, 5.41) is 9.26. The third kappa shape index (κ3) is 2.47. The lowest BCUT2D eigenvalue weighted by atomic mass is 10.1. The molecule has 1 saturated heterocycles. The molecule has 0 saturated carbocycles. The van der Waals surface area contributed by atoms with E-state index in [9.17, 15) is 0 Å². The van der Waals surface area contributed by atoms with Gasteiger partial charge >= 0.3 is 0 Å². The number of hydrogen-bond donors (Lipinski definition) is 0. The van der Waals surface area contributed by atoms with Crippen LogP contribution >= 0.6 is 11.6 Å². The lowest BCUT2D eigenvalue weighted by Crippen LogP contribution is -2.32. The lowest BCUT2D eigenvalue weighted by molar-refractivity contribution is -0.00227. The molecule has 2 atom stereocenters. The van der Waals surface area contributed by atoms with Crippen LogP contribution in [-0.4, -0.2) is 44.2 Å². The maximum Gasteiger partial charge on any atom is 0.226 e. The Bertz CT molecular complexity index is 915. The van der Waals surface area contributed by atoms with Gasteiger partial charge in [0.05, 0.1) is 24.4 Å². The summed E-state index contributed by atoms with van der Waals surface area (Å²) in [5.41, 5.74) is 2.96. The van der Waals surface area contributed by atoms with Crippen molar-refractivity contribution in [3.8, 4) is 11.3 Å². The van der Waals surface area contributed by atoms with Gasteiger partial charge in [0.2, 0.25) is 5.95 Å². The molecule has 126 valence electrons. The summed E-state index contributed by atoms with van der Waals surface area (Å²) in [7, 11) is 0. The first-order valence-electron chi connectivity index (χ1n) is 8.14. The third-order valence-corrected chi connectivity index (χ3v) is 4.93. The first-order valence-corrected chi connectivity index (χ1v) is 8.52. The Morgan fingerprint density at radius 2 is 2.00 bits per heavy atom. The number of ether oxygens (including phenoxy) is 1. The highest BCUT2D eigenvalue weighted by Crippen LogP contribution is 2.35. The summed E-state index contributed by atoms with van der Waals surface area (Å²) in [6.07, 6.45) is 1.71. The number of aromatic nitrogens is 5. The Morgan fingerprint density at radius 1 is 1.12 bits per heavy atom. The number of rotatable bonds is 2. The standard InChI is InChI=1S/C17H15ClN6O/c18-15-6-7-19-17(20-15)23-8-12-14(9-23)25-10-13-16(21-22-24(12)13)11-4-2-1-3-5-11/h1-7,12,14H,8-10H2/t12-,14-/m0/s1. The highest BCUT2D eigenvalue weighted by atomic mass is 35.5. The monoisotopic (exact) mass is 354 g/mol. The zero-order valence-electron chi connectivity index (χ0n) is 13.3. The van der Waals surface area contributed by atoms with Crippen molar-refractivity contribution in [2.24, 2.45) is 0 Å². The van der Waals surface area contributed by atoms with Crippen molar-refractivity contribution in [2.75, 3.05) is 18.0 Å². The van der Waals surface area contributed by atoms with Crippen LogP contribution in [0.3, 0.4) is 0 Å². The molecule has 2 aliphatic heterocycles. The number of nitrogens with zero attached hydrogens (tertiary/aromatic N) is 6. The number of anilines is 1. The van der Waals surface area contributed by atoms with Crippen LogP contribution in [0.4, 0.5) is 5.95 Å². The van der Waals surface area contributed by atoms with E-state index in [2.05, 4.69) is 25.2 Å². The van der Waals surface area contributed by atoms with Crippen molar-refractivity contribution in [1.29, 1.82) is 0 Å². The van der Waals surface area contributed by atoms with Gasteiger partial charge in [-0.1, -0.05) is 47.1 Å². The summed E-state index contributed by atoms with van der Waals surface area (Å²) >= 11 is 5.99. The molecule has 0 aliphatic carbocycles. The summed E-state index contributed by atoms with van der Waals surface area (Å²) in [4.78, 5) is 10.7. The first-order chi connectivity index (χ1) is 12.3. The van der Waals surface area contributed by atoms with Gasteiger partial charge in [-0.15, -0.1) is 5.10 Å². The molecule has 2 aliphatic rings. The maximum absolute atomic E-state index is 6.10. The van der Waals surface area contributed by atoms with E-state index in [1.807, 2.05) is 35.0 Å². The van der Waals surface area contributed by atoms with Crippen molar-refractivity contribution in [2.45, 2.75) is 18.8 Å². The van der Waals surface area contributed by atoms with Crippen LogP contribution in [0, 0.1) is 0 Å². The van der Waals surface area contributed by atoms with E-state index < -0.39 is 0 Å². The van der Waals surface area contributed by atoms with E-state index in [4.69, 9.17) is 16.3 Å². The number of fused-ring (bicyclic) bond motifs is 3. The van der Waals surface area contributed by atoms with Gasteiger partial charge in [-0.25, -0.2) is 14.6 Å². The van der Waals surface area contributed by atoms with E-state index in [1.54, 1.807) is 12.3 Å². The Labute approximate surface area is 149 Å². The largest absolute Gasteiger partial charge is 0.368 e. The molecule has 0 spiro atoms. The molecule has 25 heavy (non-hydrogen) atoms. The topological polar surface area (TPSA) is 69.0 Å². The molecule has 2 aromatic heterocycles. The summed E-state index contributed by atoms with van der Waals surface area (Å²) in [6.45, 7) is 1.93. The van der Waals surface area contributed by atoms with Crippen molar-refractivity contribution in [3.63, 3.8) is 0 Å². The zero-order chi connectivity index (χ0) is 16.8. The normalized spacial score (nSPS) is 21.9. The van der Waals surface area contributed by atoms with Gasteiger partial charge in [0, 0.05) is 24.8 Å². The van der Waals surface area contributed by atoms with Crippen LogP contribution in [0.25, 0.3) is 11.3 Å². The van der Waals surface area contributed by atoms with Crippen LogP contribution in [0.2, 0.25) is 5.15 Å². The van der Waals surface area contributed by atoms with Crippen LogP contribution in [0.15, 0.2) is 42.6 Å². The first kappa shape index (κ1) is 14.8. The molecule has 8 heteroatoms. The molecule has 0 unspecified atom stereocenters. The zero-order valence-corrected chi connectivity index (χ0v) is 14.0. The summed E-state index contributed by atoms with van der Waals surface area (Å²) in [6, 6.07) is 11.8. The van der Waals surface area contributed by atoms with Crippen molar-refractivity contribution >= 4 is 17.5 Å². The fourth-order valence-corrected chi connectivity index (χ4v) is 3.65. The minimum atomic E-state index is 0.0420. The van der Waals surface area contributed by atoms with Gasteiger partial charge in [-0.3, -0.25) is 0 Å². The van der Waals surface area contributed by atoms with Gasteiger partial charge in [0.15, 0.2) is 0 Å². The van der Waals surface area contributed by atoms with Crippen molar-refractivity contribution < 1.29 is 4.74 Å². The number of hydrogen-bond acceptors (Lipinski definition) is 6. The molecule has 0 N–H and O–H groups in total. The highest BCUT2D eigenvalue weighted by molar-refractivity contribution is 6.29. The quantitative estimate of drug-likeness (QED) is 0.658. The van der Waals surface area contributed by atoms with E-state index in [0.717, 1.165) is 23.5 Å². The van der Waals surface area contributed by atoms with E-state index in [0.29, 0.717) is 24.3 Å². The Kier molecular flexibility index (Phi) is 3.43. The van der Waals surface area contributed by atoms with Crippen LogP contribution in [0.5, 0.6) is 0 Å². The SMILES string of the molecule is Clc1ccnc(N2C[C@@H]3OCc4c(-c5ccccc5)nnn4[C@H]3C2)n1. The molecular weight excluding hydrogens is 340 g/mol. The fraction of sp³-hybridized carbons (Fsp3) is 0.294. The smallest absolute Gasteiger partial charge is 0.226 e. The fourth-order valence-electron chi connectivity index (χ4n) is 3.52. The average Bonchev–Trinajstić information content (AvgIpc) is 3.26. The third-order valence-electron chi connectivity index (χ3n) is 4.72. The van der Waals surface area contributed by atoms with Gasteiger partial charge in [0.1, 0.15) is 10.8 Å². The van der Waals surface area contributed by atoms with Gasteiger partial charge < -0.3 is 9.64 Å². The minimum Gasteiger partial charge on any atom is -0.368 e. The van der Waals surface area contributed by atoms with Gasteiger partial charge in [0.25, 0.3) is 0 Å². The Morgan fingerprint density at radius 3 is 2.84 bits per heavy atom. The summed E-state index contributed by atoms with van der Waals surface area (Å²) in [5.74, 6) is 0.621. The Balaban J connectivity index is 1.47. The molecule has 7 nitrogen and oxygen atoms in total. The molecular formula is C17H15ClN6O. The number of halogens is 1. The lowest BCUT2D eigenvalue weighted by Gasteiger charge is -2.26. The molecule has 1 aromatic carbocycles. The Hall–Kier alpha value is -2.51. The predicted octanol–water partition coefficient (Wildman–Crippen LogP) is 2.35. The van der Waals surface area contributed by atoms with Crippen molar-refractivity contribution in [3.05, 3.63) is 53.4 Å². The van der Waals surface area contributed by atoms with Crippen molar-refractivity contribution in [1.82, 2.24) is 25.0 Å². The highest BCUT2D eigenvalue weighted by Gasteiger charge is 2.41. The average molecular weight is 355 g/mol. The second-order valence-electron chi connectivity index (χ2n) is 6.20. The molecule has 4 heterocycles. The van der Waals surface area contributed by atoms with Crippen LogP contribution < -0.4 is 4.90 Å². The van der Waals surface area contributed by atoms with E-state index >= 15 is 0 Å². The van der Waals surface area contributed by atoms with Crippen LogP contribution in [0.1, 0.15) is 11.7 Å². The molecule has 0 radical (unpaired) electrons.